The Balaban J connectivity index is 1.71. The molecule has 0 spiro atoms. The van der Waals surface area contributed by atoms with E-state index in [0.717, 1.165) is 0 Å². The summed E-state index contributed by atoms with van der Waals surface area (Å²) in [7, 11) is 0. The Morgan fingerprint density at radius 1 is 1.07 bits per heavy atom. The van der Waals surface area contributed by atoms with Gasteiger partial charge in [0.05, 0.1) is 5.02 Å². The number of carbonyl (C=O) groups is 1. The lowest BCUT2D eigenvalue weighted by Crippen LogP contribution is -1.96. The van der Waals surface area contributed by atoms with Gasteiger partial charge in [-0.25, -0.2) is 24.3 Å². The smallest absolute Gasteiger partial charge is 0.293 e. The molecule has 0 aliphatic heterocycles. The lowest BCUT2D eigenvalue weighted by Gasteiger charge is -2.02. The molecular weight excluding hydrogens is 431 g/mol. The van der Waals surface area contributed by atoms with Crippen molar-refractivity contribution in [2.75, 3.05) is 0 Å². The van der Waals surface area contributed by atoms with Crippen LogP contribution in [0.1, 0.15) is 5.56 Å². The largest absolute Gasteiger partial charge is 0.463 e. The number of halogens is 2. The van der Waals surface area contributed by atoms with Crippen molar-refractivity contribution in [1.29, 1.82) is 0 Å². The molecule has 0 unspecified atom stereocenters. The molecule has 0 aliphatic rings. The first kappa shape index (κ1) is 20.0. The first-order valence-electron chi connectivity index (χ1n) is 8.55. The fraction of sp³-hybridized carbons (Fsp3) is 0.0500. The predicted octanol–water partition coefficient (Wildman–Crippen LogP) is 4.81. The average Bonchev–Trinajstić information content (AvgIpc) is 3.18. The molecular formula is C20H12ClFN4O3S. The van der Waals surface area contributed by atoms with E-state index < -0.39 is 0 Å². The number of carbonyl (C=O) groups excluding carboxylic acids is 1. The second kappa shape index (κ2) is 9.02. The maximum atomic E-state index is 13.3. The zero-order chi connectivity index (χ0) is 20.9. The molecule has 150 valence electrons. The number of oxazole rings is 1. The van der Waals surface area contributed by atoms with Gasteiger partial charge in [-0.3, -0.25) is 4.79 Å². The Labute approximate surface area is 179 Å². The van der Waals surface area contributed by atoms with Crippen LogP contribution in [0.25, 0.3) is 23.0 Å². The van der Waals surface area contributed by atoms with Crippen LogP contribution in [0.4, 0.5) is 4.39 Å². The third kappa shape index (κ3) is 4.64. The van der Waals surface area contributed by atoms with Gasteiger partial charge in [-0.1, -0.05) is 11.6 Å². The first-order valence-corrected chi connectivity index (χ1v) is 9.74. The van der Waals surface area contributed by atoms with Gasteiger partial charge in [0, 0.05) is 29.7 Å². The van der Waals surface area contributed by atoms with Crippen LogP contribution in [0.15, 0.2) is 69.5 Å². The summed E-state index contributed by atoms with van der Waals surface area (Å²) in [6, 6.07) is 9.25. The SMILES string of the molecule is O=COCc1cnc(-c2nc(-c3ccc(F)cc3)oc2Sc2ccc(Cl)cn2)nc1. The van der Waals surface area contributed by atoms with Crippen molar-refractivity contribution in [1.82, 2.24) is 19.9 Å². The zero-order valence-electron chi connectivity index (χ0n) is 15.2. The summed E-state index contributed by atoms with van der Waals surface area (Å²) >= 11 is 7.13. The van der Waals surface area contributed by atoms with Gasteiger partial charge >= 0.3 is 0 Å². The molecule has 1 aromatic carbocycles. The summed E-state index contributed by atoms with van der Waals surface area (Å²) in [6.07, 6.45) is 4.60. The van der Waals surface area contributed by atoms with E-state index in [-0.39, 0.29) is 12.4 Å². The molecule has 0 saturated heterocycles. The van der Waals surface area contributed by atoms with E-state index in [1.807, 2.05) is 0 Å². The van der Waals surface area contributed by atoms with Crippen LogP contribution in [-0.2, 0) is 16.1 Å². The summed E-state index contributed by atoms with van der Waals surface area (Å²) in [6.45, 7) is 0.425. The topological polar surface area (TPSA) is 91.0 Å². The third-order valence-electron chi connectivity index (χ3n) is 3.82. The number of ether oxygens (including phenoxy) is 1. The van der Waals surface area contributed by atoms with Crippen LogP contribution in [0.5, 0.6) is 0 Å². The van der Waals surface area contributed by atoms with Gasteiger partial charge in [-0.05, 0) is 48.2 Å². The molecule has 4 rings (SSSR count). The maximum Gasteiger partial charge on any atom is 0.293 e. The lowest BCUT2D eigenvalue weighted by molar-refractivity contribution is -0.129. The molecule has 7 nitrogen and oxygen atoms in total. The first-order chi connectivity index (χ1) is 14.6. The minimum Gasteiger partial charge on any atom is -0.463 e. The van der Waals surface area contributed by atoms with Gasteiger partial charge in [0.25, 0.3) is 6.47 Å². The number of rotatable bonds is 7. The highest BCUT2D eigenvalue weighted by atomic mass is 35.5. The van der Waals surface area contributed by atoms with Crippen LogP contribution in [0.3, 0.4) is 0 Å². The average molecular weight is 443 g/mol. The monoisotopic (exact) mass is 442 g/mol. The van der Waals surface area contributed by atoms with E-state index >= 15 is 0 Å². The normalized spacial score (nSPS) is 10.7. The Kier molecular flexibility index (Phi) is 6.01. The van der Waals surface area contributed by atoms with Gasteiger partial charge in [0.2, 0.25) is 5.89 Å². The summed E-state index contributed by atoms with van der Waals surface area (Å²) < 4.78 is 23.9. The van der Waals surface area contributed by atoms with Crippen LogP contribution in [0.2, 0.25) is 5.02 Å². The Morgan fingerprint density at radius 2 is 1.83 bits per heavy atom. The molecule has 0 N–H and O–H groups in total. The fourth-order valence-corrected chi connectivity index (χ4v) is 3.33. The predicted molar refractivity (Wildman–Crippen MR) is 107 cm³/mol. The third-order valence-corrected chi connectivity index (χ3v) is 4.96. The van der Waals surface area contributed by atoms with Gasteiger partial charge in [0.1, 0.15) is 17.5 Å². The van der Waals surface area contributed by atoms with Gasteiger partial charge in [-0.2, -0.15) is 0 Å². The second-order valence-electron chi connectivity index (χ2n) is 5.90. The van der Waals surface area contributed by atoms with Gasteiger partial charge < -0.3 is 9.15 Å². The number of hydrogen-bond acceptors (Lipinski definition) is 8. The molecule has 0 aliphatic carbocycles. The van der Waals surface area contributed by atoms with Crippen molar-refractivity contribution in [2.24, 2.45) is 0 Å². The minimum absolute atomic E-state index is 0.0692. The molecule has 4 aromatic rings. The fourth-order valence-electron chi connectivity index (χ4n) is 2.43. The van der Waals surface area contributed by atoms with E-state index in [2.05, 4.69) is 19.9 Å². The Hall–Kier alpha value is -3.30. The van der Waals surface area contributed by atoms with Crippen LogP contribution >= 0.6 is 23.4 Å². The number of pyridine rings is 1. The molecule has 0 saturated carbocycles. The van der Waals surface area contributed by atoms with Gasteiger partial charge in [0.15, 0.2) is 16.6 Å². The zero-order valence-corrected chi connectivity index (χ0v) is 16.7. The number of nitrogens with zero attached hydrogens (tertiary/aromatic N) is 4. The second-order valence-corrected chi connectivity index (χ2v) is 7.33. The minimum atomic E-state index is -0.359. The summed E-state index contributed by atoms with van der Waals surface area (Å²) in [5.74, 6) is 0.249. The van der Waals surface area contributed by atoms with Crippen molar-refractivity contribution in [3.05, 3.63) is 71.4 Å². The van der Waals surface area contributed by atoms with E-state index in [4.69, 9.17) is 20.8 Å². The van der Waals surface area contributed by atoms with E-state index in [0.29, 0.717) is 50.1 Å². The molecule has 10 heteroatoms. The standard InChI is InChI=1S/C20H12ClFN4O3S/c21-14-3-6-16(23-9-14)30-20-17(18-24-7-12(8-25-18)10-28-11-27)26-19(29-20)13-1-4-15(22)5-2-13/h1-9,11H,10H2. The molecule has 0 fully saturated rings. The van der Waals surface area contributed by atoms with Crippen molar-refractivity contribution < 1.29 is 18.3 Å². The van der Waals surface area contributed by atoms with Crippen molar-refractivity contribution in [3.8, 4) is 23.0 Å². The Morgan fingerprint density at radius 3 is 2.50 bits per heavy atom. The number of hydrogen-bond donors (Lipinski definition) is 0. The highest BCUT2D eigenvalue weighted by Crippen LogP contribution is 2.37. The van der Waals surface area contributed by atoms with Crippen molar-refractivity contribution >= 4 is 29.8 Å². The molecule has 0 atom stereocenters. The highest BCUT2D eigenvalue weighted by molar-refractivity contribution is 7.99. The van der Waals surface area contributed by atoms with Crippen LogP contribution in [-0.4, -0.2) is 26.4 Å². The van der Waals surface area contributed by atoms with Crippen molar-refractivity contribution in [2.45, 2.75) is 16.7 Å². The highest BCUT2D eigenvalue weighted by Gasteiger charge is 2.20. The quantitative estimate of drug-likeness (QED) is 0.376. The van der Waals surface area contributed by atoms with E-state index in [1.54, 1.807) is 24.3 Å². The molecule has 0 radical (unpaired) electrons. The van der Waals surface area contributed by atoms with Crippen LogP contribution in [0, 0.1) is 5.82 Å². The van der Waals surface area contributed by atoms with E-state index in [9.17, 15) is 9.18 Å². The Bertz CT molecular complexity index is 1150. The number of aromatic nitrogens is 4. The lowest BCUT2D eigenvalue weighted by atomic mass is 10.2. The molecule has 0 amide bonds. The molecule has 0 bridgehead atoms. The van der Waals surface area contributed by atoms with Gasteiger partial charge in [-0.15, -0.1) is 0 Å². The summed E-state index contributed by atoms with van der Waals surface area (Å²) in [5.41, 5.74) is 1.63. The molecule has 3 aromatic heterocycles. The summed E-state index contributed by atoms with van der Waals surface area (Å²) in [5, 5.41) is 1.57. The van der Waals surface area contributed by atoms with Crippen LogP contribution < -0.4 is 0 Å². The van der Waals surface area contributed by atoms with E-state index in [1.165, 1.54) is 42.5 Å². The molecule has 3 heterocycles. The summed E-state index contributed by atoms with van der Waals surface area (Å²) in [4.78, 5) is 27.7. The number of benzene rings is 1. The maximum absolute atomic E-state index is 13.3. The van der Waals surface area contributed by atoms with Crippen molar-refractivity contribution in [3.63, 3.8) is 0 Å². The molecule has 30 heavy (non-hydrogen) atoms.